The number of rotatable bonds is 8. The average Bonchev–Trinajstić information content (AvgIpc) is 3.25. The summed E-state index contributed by atoms with van der Waals surface area (Å²) >= 11 is 0. The lowest BCUT2D eigenvalue weighted by atomic mass is 9.80. The van der Waals surface area contributed by atoms with Crippen LogP contribution in [-0.4, -0.2) is 30.7 Å². The lowest BCUT2D eigenvalue weighted by Crippen LogP contribution is -2.54. The quantitative estimate of drug-likeness (QED) is 0.142. The first-order chi connectivity index (χ1) is 21.8. The Labute approximate surface area is 262 Å². The number of sulfone groups is 1. The Morgan fingerprint density at radius 2 is 1.26 bits per heavy atom. The molecule has 240 valence electrons. The zero-order valence-electron chi connectivity index (χ0n) is 24.2. The molecule has 2 aliphatic heterocycles. The van der Waals surface area contributed by atoms with Gasteiger partial charge in [-0.2, -0.15) is 26.3 Å². The lowest BCUT2D eigenvalue weighted by Gasteiger charge is -2.47. The molecule has 11 heteroatoms. The van der Waals surface area contributed by atoms with Crippen molar-refractivity contribution >= 4 is 9.84 Å². The number of halogens is 6. The van der Waals surface area contributed by atoms with Gasteiger partial charge in [-0.05, 0) is 53.4 Å². The Morgan fingerprint density at radius 1 is 0.717 bits per heavy atom. The highest BCUT2D eigenvalue weighted by Crippen LogP contribution is 2.53. The third-order valence-electron chi connectivity index (χ3n) is 8.74. The molecule has 2 bridgehead atoms. The number of hydrogen-bond acceptors (Lipinski definition) is 4. The molecule has 0 aliphatic carbocycles. The van der Waals surface area contributed by atoms with Gasteiger partial charge in [-0.25, -0.2) is 8.42 Å². The topological polar surface area (TPSA) is 46.6 Å². The van der Waals surface area contributed by atoms with Crippen LogP contribution in [0.3, 0.4) is 0 Å². The van der Waals surface area contributed by atoms with Crippen molar-refractivity contribution in [1.82, 2.24) is 4.90 Å². The summed E-state index contributed by atoms with van der Waals surface area (Å²) in [4.78, 5) is 2.20. The summed E-state index contributed by atoms with van der Waals surface area (Å²) in [6, 6.07) is 27.4. The highest BCUT2D eigenvalue weighted by atomic mass is 32.2. The van der Waals surface area contributed by atoms with Gasteiger partial charge in [-0.1, -0.05) is 91.0 Å². The summed E-state index contributed by atoms with van der Waals surface area (Å²) in [5, 5.41) is -0.922. The second kappa shape index (κ2) is 12.0. The van der Waals surface area contributed by atoms with Crippen LogP contribution in [0.25, 0.3) is 0 Å². The van der Waals surface area contributed by atoms with E-state index in [1.165, 1.54) is 12.1 Å². The summed E-state index contributed by atoms with van der Waals surface area (Å²) in [5.41, 5.74) is -2.68. The summed E-state index contributed by atoms with van der Waals surface area (Å²) in [6.07, 6.45) is -7.43. The van der Waals surface area contributed by atoms with Gasteiger partial charge in [0.1, 0.15) is 0 Å². The van der Waals surface area contributed by atoms with E-state index in [0.29, 0.717) is 18.7 Å². The molecule has 4 aromatic carbocycles. The Morgan fingerprint density at radius 3 is 1.83 bits per heavy atom. The van der Waals surface area contributed by atoms with Crippen LogP contribution in [0.4, 0.5) is 26.3 Å². The first kappa shape index (κ1) is 32.0. The average molecular weight is 658 g/mol. The smallest absolute Gasteiger partial charge is 0.367 e. The van der Waals surface area contributed by atoms with E-state index in [4.69, 9.17) is 4.74 Å². The van der Waals surface area contributed by atoms with Crippen molar-refractivity contribution in [3.05, 3.63) is 149 Å². The first-order valence-electron chi connectivity index (χ1n) is 14.5. The van der Waals surface area contributed by atoms with Crippen LogP contribution in [0.15, 0.2) is 126 Å². The van der Waals surface area contributed by atoms with E-state index < -0.39 is 62.9 Å². The van der Waals surface area contributed by atoms with Crippen LogP contribution in [0.2, 0.25) is 0 Å². The molecule has 4 aromatic rings. The Bertz CT molecular complexity index is 1780. The van der Waals surface area contributed by atoms with Gasteiger partial charge in [-0.3, -0.25) is 4.90 Å². The molecule has 0 unspecified atom stereocenters. The maximum absolute atomic E-state index is 14.2. The molecule has 1 fully saturated rings. The molecule has 4 atom stereocenters. The number of nitrogens with zero attached hydrogens (tertiary/aromatic N) is 1. The van der Waals surface area contributed by atoms with E-state index in [1.54, 1.807) is 42.5 Å². The van der Waals surface area contributed by atoms with E-state index in [9.17, 15) is 34.8 Å². The number of ether oxygens (including phenoxy) is 1. The highest BCUT2D eigenvalue weighted by molar-refractivity contribution is 7.92. The van der Waals surface area contributed by atoms with Crippen molar-refractivity contribution in [2.24, 2.45) is 0 Å². The van der Waals surface area contributed by atoms with Crippen LogP contribution in [-0.2, 0) is 45.6 Å². The van der Waals surface area contributed by atoms with Gasteiger partial charge < -0.3 is 4.74 Å². The molecule has 1 saturated heterocycles. The summed E-state index contributed by atoms with van der Waals surface area (Å²) in [7, 11) is -3.90. The molecule has 0 amide bonds. The van der Waals surface area contributed by atoms with Gasteiger partial charge in [0.05, 0.1) is 39.5 Å². The molecule has 0 radical (unpaired) electrons. The second-order valence-electron chi connectivity index (χ2n) is 11.5. The van der Waals surface area contributed by atoms with E-state index in [2.05, 4.69) is 0 Å². The van der Waals surface area contributed by atoms with Gasteiger partial charge in [0, 0.05) is 12.6 Å². The van der Waals surface area contributed by atoms with Gasteiger partial charge in [-0.15, -0.1) is 0 Å². The molecular weight excluding hydrogens is 628 g/mol. The molecule has 0 aromatic heterocycles. The number of fused-ring (bicyclic) bond motifs is 2. The largest absolute Gasteiger partial charge is 0.416 e. The third-order valence-corrected chi connectivity index (χ3v) is 10.9. The Kier molecular flexibility index (Phi) is 8.37. The van der Waals surface area contributed by atoms with Crippen LogP contribution in [0, 0.1) is 0 Å². The summed E-state index contributed by atoms with van der Waals surface area (Å²) in [6.45, 7) is -0.260. The highest BCUT2D eigenvalue weighted by Gasteiger charge is 2.61. The van der Waals surface area contributed by atoms with Crippen molar-refractivity contribution in [2.75, 3.05) is 0 Å². The Hall–Kier alpha value is -3.93. The fourth-order valence-electron chi connectivity index (χ4n) is 6.65. The molecule has 6 rings (SSSR count). The second-order valence-corrected chi connectivity index (χ2v) is 13.7. The molecule has 2 aliphatic rings. The minimum atomic E-state index is -5.00. The van der Waals surface area contributed by atoms with Crippen LogP contribution < -0.4 is 0 Å². The maximum Gasteiger partial charge on any atom is 0.416 e. The van der Waals surface area contributed by atoms with Crippen molar-refractivity contribution in [3.8, 4) is 0 Å². The predicted molar refractivity (Wildman–Crippen MR) is 160 cm³/mol. The van der Waals surface area contributed by atoms with Gasteiger partial charge in [0.2, 0.25) is 0 Å². The monoisotopic (exact) mass is 657 g/mol. The standard InChI is InChI=1S/C35H29F6NO3S/c36-34(37,38)27-18-25(19-28(20-27)35(39,40)41)23-45-32-17-16-30-31(46(43,44)29-14-8-3-9-15-29)21-33(32,26-12-6-2-7-13-26)42(30)22-24-10-4-1-5-11-24/h1-20,30-32H,21-23H2/t30-,31+,32-,33+/m0/s1. The summed E-state index contributed by atoms with van der Waals surface area (Å²) < 4.78 is 116. The molecule has 0 N–H and O–H groups in total. The normalized spacial score (nSPS) is 23.5. The minimum absolute atomic E-state index is 0.0692. The molecule has 2 heterocycles. The van der Waals surface area contributed by atoms with Crippen molar-refractivity contribution in [1.29, 1.82) is 0 Å². The number of alkyl halides is 6. The fourth-order valence-corrected chi connectivity index (χ4v) is 8.62. The van der Waals surface area contributed by atoms with Crippen molar-refractivity contribution in [2.45, 2.75) is 59.8 Å². The van der Waals surface area contributed by atoms with Crippen molar-refractivity contribution in [3.63, 3.8) is 0 Å². The van der Waals surface area contributed by atoms with E-state index in [1.807, 2.05) is 53.4 Å². The van der Waals surface area contributed by atoms with E-state index in [0.717, 1.165) is 11.1 Å². The SMILES string of the molecule is O=S(=O)(c1ccccc1)[C@@H]1C[C@@]2(c3ccccc3)[C@@H](OCc3cc(C(F)(F)F)cc(C(F)(F)F)c3)C=C[C@@H]1N2Cc1ccccc1. The molecule has 0 saturated carbocycles. The first-order valence-corrected chi connectivity index (χ1v) is 16.1. The van der Waals surface area contributed by atoms with E-state index >= 15 is 0 Å². The van der Waals surface area contributed by atoms with Crippen LogP contribution >= 0.6 is 0 Å². The van der Waals surface area contributed by atoms with Crippen LogP contribution in [0.1, 0.15) is 34.2 Å². The fraction of sp³-hybridized carbons (Fsp3) is 0.257. The van der Waals surface area contributed by atoms with Gasteiger partial charge in [0.25, 0.3) is 0 Å². The van der Waals surface area contributed by atoms with Gasteiger partial charge in [0.15, 0.2) is 9.84 Å². The molecule has 46 heavy (non-hydrogen) atoms. The minimum Gasteiger partial charge on any atom is -0.367 e. The third kappa shape index (κ3) is 5.99. The summed E-state index contributed by atoms with van der Waals surface area (Å²) in [5.74, 6) is 0. The van der Waals surface area contributed by atoms with Gasteiger partial charge >= 0.3 is 12.4 Å². The number of benzene rings is 4. The zero-order chi connectivity index (χ0) is 32.7. The molecule has 4 nitrogen and oxygen atoms in total. The van der Waals surface area contributed by atoms with Crippen molar-refractivity contribution < 1.29 is 39.5 Å². The lowest BCUT2D eigenvalue weighted by molar-refractivity contribution is -0.143. The molecule has 0 spiro atoms. The predicted octanol–water partition coefficient (Wildman–Crippen LogP) is 8.19. The zero-order valence-corrected chi connectivity index (χ0v) is 25.1. The maximum atomic E-state index is 14.2. The Balaban J connectivity index is 1.45. The number of hydrogen-bond donors (Lipinski definition) is 0. The van der Waals surface area contributed by atoms with Crippen LogP contribution in [0.5, 0.6) is 0 Å². The molecular formula is C35H29F6NO3S. The van der Waals surface area contributed by atoms with E-state index in [-0.39, 0.29) is 22.9 Å².